The van der Waals surface area contributed by atoms with Crippen LogP contribution in [0.5, 0.6) is 5.75 Å². The summed E-state index contributed by atoms with van der Waals surface area (Å²) in [6, 6.07) is 17.4. The van der Waals surface area contributed by atoms with Crippen molar-refractivity contribution in [2.75, 3.05) is 17.8 Å². The second-order valence-electron chi connectivity index (χ2n) is 7.93. The van der Waals surface area contributed by atoms with Crippen molar-refractivity contribution in [1.29, 1.82) is 0 Å². The maximum Gasteiger partial charge on any atom is 0.277 e. The first-order valence-electron chi connectivity index (χ1n) is 11.1. The summed E-state index contributed by atoms with van der Waals surface area (Å²) in [6.45, 7) is 0.480. The monoisotopic (exact) mass is 492 g/mol. The highest BCUT2D eigenvalue weighted by atomic mass is 32.2. The van der Waals surface area contributed by atoms with Gasteiger partial charge in [-0.25, -0.2) is 4.98 Å². The Hall–Kier alpha value is -3.17. The van der Waals surface area contributed by atoms with Gasteiger partial charge < -0.3 is 9.15 Å². The fourth-order valence-corrected chi connectivity index (χ4v) is 5.61. The Morgan fingerprint density at radius 1 is 1.09 bits per heavy atom. The fourth-order valence-electron chi connectivity index (χ4n) is 3.80. The van der Waals surface area contributed by atoms with E-state index in [0.29, 0.717) is 17.7 Å². The molecule has 7 nitrogen and oxygen atoms in total. The lowest BCUT2D eigenvalue weighted by Crippen LogP contribution is -2.31. The molecule has 0 atom stereocenters. The van der Waals surface area contributed by atoms with Gasteiger partial charge in [0.1, 0.15) is 5.75 Å². The molecule has 34 heavy (non-hydrogen) atoms. The van der Waals surface area contributed by atoms with Crippen molar-refractivity contribution in [3.8, 4) is 17.2 Å². The van der Waals surface area contributed by atoms with Crippen LogP contribution >= 0.6 is 23.1 Å². The number of amides is 1. The molecule has 1 amide bonds. The number of anilines is 1. The molecule has 0 fully saturated rings. The number of ether oxygens (including phenoxy) is 1. The van der Waals surface area contributed by atoms with Gasteiger partial charge in [-0.05, 0) is 55.5 Å². The molecule has 1 aliphatic carbocycles. The predicted octanol–water partition coefficient (Wildman–Crippen LogP) is 5.41. The smallest absolute Gasteiger partial charge is 0.277 e. The van der Waals surface area contributed by atoms with Gasteiger partial charge in [0.25, 0.3) is 5.22 Å². The number of methoxy groups -OCH3 is 1. The molecule has 0 saturated carbocycles. The van der Waals surface area contributed by atoms with Gasteiger partial charge in [0.05, 0.1) is 25.1 Å². The number of thiazole rings is 1. The molecule has 2 aromatic carbocycles. The zero-order valence-corrected chi connectivity index (χ0v) is 20.4. The van der Waals surface area contributed by atoms with Crippen molar-refractivity contribution in [1.82, 2.24) is 15.2 Å². The quantitative estimate of drug-likeness (QED) is 0.304. The third-order valence-corrected chi connectivity index (χ3v) is 7.60. The topological polar surface area (TPSA) is 81.4 Å². The molecule has 174 valence electrons. The Balaban J connectivity index is 1.30. The van der Waals surface area contributed by atoms with Crippen LogP contribution < -0.4 is 9.64 Å². The minimum Gasteiger partial charge on any atom is -0.497 e. The van der Waals surface area contributed by atoms with Crippen LogP contribution in [0.3, 0.4) is 0 Å². The van der Waals surface area contributed by atoms with Gasteiger partial charge in [0.15, 0.2) is 5.13 Å². The largest absolute Gasteiger partial charge is 0.497 e. The average Bonchev–Trinajstić information content (AvgIpc) is 3.54. The molecular weight excluding hydrogens is 468 g/mol. The summed E-state index contributed by atoms with van der Waals surface area (Å²) in [4.78, 5) is 21.3. The van der Waals surface area contributed by atoms with Gasteiger partial charge in [0, 0.05) is 10.4 Å². The number of carbonyl (C=O) groups excluding carboxylic acids is 1. The van der Waals surface area contributed by atoms with Gasteiger partial charge in [-0.2, -0.15) is 0 Å². The van der Waals surface area contributed by atoms with E-state index in [-0.39, 0.29) is 11.7 Å². The Morgan fingerprint density at radius 2 is 1.88 bits per heavy atom. The first-order chi connectivity index (χ1) is 16.7. The summed E-state index contributed by atoms with van der Waals surface area (Å²) in [5.41, 5.74) is 3.00. The second-order valence-corrected chi connectivity index (χ2v) is 9.92. The number of thioether (sulfide) groups is 1. The van der Waals surface area contributed by atoms with E-state index in [4.69, 9.17) is 14.1 Å². The van der Waals surface area contributed by atoms with E-state index in [2.05, 4.69) is 10.2 Å². The molecule has 0 aliphatic heterocycles. The number of fused-ring (bicyclic) bond motifs is 1. The Morgan fingerprint density at radius 3 is 2.65 bits per heavy atom. The fraction of sp³-hybridized carbons (Fsp3) is 0.280. The minimum absolute atomic E-state index is 0.0378. The van der Waals surface area contributed by atoms with Gasteiger partial charge in [-0.15, -0.1) is 21.5 Å². The van der Waals surface area contributed by atoms with E-state index in [1.165, 1.54) is 23.1 Å². The molecule has 1 aliphatic rings. The number of aryl methyl sites for hydroxylation is 2. The van der Waals surface area contributed by atoms with Crippen LogP contribution in [0.15, 0.2) is 64.2 Å². The molecule has 4 aromatic rings. The average molecular weight is 493 g/mol. The second kappa shape index (κ2) is 10.4. The number of hydrogen-bond donors (Lipinski definition) is 0. The van der Waals surface area contributed by atoms with Crippen molar-refractivity contribution in [3.05, 3.63) is 70.7 Å². The molecule has 0 radical (unpaired) electrons. The number of hydrogen-bond acceptors (Lipinski definition) is 8. The number of aromatic nitrogens is 3. The van der Waals surface area contributed by atoms with E-state index >= 15 is 0 Å². The summed E-state index contributed by atoms with van der Waals surface area (Å²) in [6.07, 6.45) is 4.38. The Kier molecular flexibility index (Phi) is 6.92. The van der Waals surface area contributed by atoms with Crippen molar-refractivity contribution >= 4 is 34.1 Å². The van der Waals surface area contributed by atoms with E-state index in [1.807, 2.05) is 54.6 Å². The van der Waals surface area contributed by atoms with E-state index in [0.717, 1.165) is 47.0 Å². The van der Waals surface area contributed by atoms with Gasteiger partial charge in [-0.3, -0.25) is 9.69 Å². The molecule has 2 aromatic heterocycles. The number of carbonyl (C=O) groups is 1. The highest BCUT2D eigenvalue weighted by molar-refractivity contribution is 7.99. The summed E-state index contributed by atoms with van der Waals surface area (Å²) in [7, 11) is 1.62. The lowest BCUT2D eigenvalue weighted by molar-refractivity contribution is -0.116. The van der Waals surface area contributed by atoms with Gasteiger partial charge >= 0.3 is 0 Å². The highest BCUT2D eigenvalue weighted by Gasteiger charge is 2.24. The maximum absolute atomic E-state index is 13.3. The molecule has 0 N–H and O–H groups in total. The third kappa shape index (κ3) is 5.15. The molecule has 9 heteroatoms. The maximum atomic E-state index is 13.3. The zero-order valence-electron chi connectivity index (χ0n) is 18.8. The lowest BCUT2D eigenvalue weighted by Gasteiger charge is -2.19. The summed E-state index contributed by atoms with van der Waals surface area (Å²) < 4.78 is 11.0. The molecule has 0 spiro atoms. The van der Waals surface area contributed by atoms with Crippen molar-refractivity contribution < 1.29 is 13.9 Å². The van der Waals surface area contributed by atoms with Crippen LogP contribution in [0.1, 0.15) is 29.0 Å². The van der Waals surface area contributed by atoms with Crippen molar-refractivity contribution in [3.63, 3.8) is 0 Å². The van der Waals surface area contributed by atoms with Crippen LogP contribution in [0.25, 0.3) is 11.5 Å². The summed E-state index contributed by atoms with van der Waals surface area (Å²) in [5, 5.41) is 9.36. The van der Waals surface area contributed by atoms with E-state index < -0.39 is 0 Å². The van der Waals surface area contributed by atoms with Crippen LogP contribution in [-0.2, 0) is 24.2 Å². The van der Waals surface area contributed by atoms with Crippen LogP contribution in [0.2, 0.25) is 0 Å². The van der Waals surface area contributed by atoms with Crippen molar-refractivity contribution in [2.24, 2.45) is 0 Å². The van der Waals surface area contributed by atoms with Crippen LogP contribution in [-0.4, -0.2) is 34.0 Å². The van der Waals surface area contributed by atoms with Gasteiger partial charge in [-0.1, -0.05) is 42.1 Å². The highest BCUT2D eigenvalue weighted by Crippen LogP contribution is 2.33. The minimum atomic E-state index is -0.0378. The molecule has 0 saturated heterocycles. The predicted molar refractivity (Wildman–Crippen MR) is 133 cm³/mol. The number of rotatable bonds is 8. The SMILES string of the molecule is COc1ccc(-c2nnc(SCC(=O)N(Cc3ccccc3)c3nc4c(s3)CCCC4)o2)cc1. The van der Waals surface area contributed by atoms with E-state index in [9.17, 15) is 4.79 Å². The molecule has 0 bridgehead atoms. The molecular formula is C25H24N4O3S2. The molecule has 2 heterocycles. The normalized spacial score (nSPS) is 12.9. The molecule has 0 unspecified atom stereocenters. The van der Waals surface area contributed by atoms with Crippen LogP contribution in [0.4, 0.5) is 5.13 Å². The zero-order chi connectivity index (χ0) is 23.3. The summed E-state index contributed by atoms with van der Waals surface area (Å²) >= 11 is 2.88. The van der Waals surface area contributed by atoms with E-state index in [1.54, 1.807) is 23.3 Å². The first-order valence-corrected chi connectivity index (χ1v) is 12.9. The standard InChI is InChI=1S/C25H24N4O3S2/c1-31-19-13-11-18(12-14-19)23-27-28-25(32-23)33-16-22(30)29(15-17-7-3-2-4-8-17)24-26-20-9-5-6-10-21(20)34-24/h2-4,7-8,11-14H,5-6,9-10,15-16H2,1H3. The number of nitrogens with zero attached hydrogens (tertiary/aromatic N) is 4. The third-order valence-electron chi connectivity index (χ3n) is 5.61. The van der Waals surface area contributed by atoms with Gasteiger partial charge in [0.2, 0.25) is 11.8 Å². The Bertz CT molecular complexity index is 1230. The van der Waals surface area contributed by atoms with Crippen molar-refractivity contribution in [2.45, 2.75) is 37.5 Å². The Labute approximate surface area is 206 Å². The summed E-state index contributed by atoms with van der Waals surface area (Å²) in [5.74, 6) is 1.31. The molecule has 5 rings (SSSR count). The lowest BCUT2D eigenvalue weighted by atomic mass is 10.0. The van der Waals surface area contributed by atoms with Crippen LogP contribution in [0, 0.1) is 0 Å². The first kappa shape index (κ1) is 22.6. The number of benzene rings is 2.